The van der Waals surface area contributed by atoms with Gasteiger partial charge >= 0.3 is 0 Å². The zero-order valence-corrected chi connectivity index (χ0v) is 15.8. The molecule has 0 aliphatic carbocycles. The van der Waals surface area contributed by atoms with Crippen molar-refractivity contribution in [2.75, 3.05) is 19.6 Å². The number of carbonyl (C=O) groups excluding carboxylic acids is 1. The van der Waals surface area contributed by atoms with Crippen LogP contribution >= 0.6 is 12.4 Å². The van der Waals surface area contributed by atoms with E-state index in [-0.39, 0.29) is 24.4 Å². The first-order valence-corrected chi connectivity index (χ1v) is 9.06. The molecule has 2 aliphatic rings. The van der Waals surface area contributed by atoms with Gasteiger partial charge in [0.2, 0.25) is 0 Å². The van der Waals surface area contributed by atoms with Crippen molar-refractivity contribution in [3.05, 3.63) is 70.3 Å². The summed E-state index contributed by atoms with van der Waals surface area (Å²) in [6.45, 7) is 5.79. The lowest BCUT2D eigenvalue weighted by Crippen LogP contribution is -2.48. The van der Waals surface area contributed by atoms with E-state index < -0.39 is 0 Å². The topological polar surface area (TPSA) is 41.6 Å². The van der Waals surface area contributed by atoms with E-state index in [0.717, 1.165) is 37.2 Å². The number of halogens is 1. The van der Waals surface area contributed by atoms with Crippen LogP contribution in [0.4, 0.5) is 0 Å². The van der Waals surface area contributed by atoms with Gasteiger partial charge in [-0.3, -0.25) is 4.79 Å². The number of benzene rings is 2. The summed E-state index contributed by atoms with van der Waals surface area (Å²) in [7, 11) is 0. The van der Waals surface area contributed by atoms with Crippen molar-refractivity contribution in [3.8, 4) is 0 Å². The van der Waals surface area contributed by atoms with E-state index in [1.54, 1.807) is 0 Å². The summed E-state index contributed by atoms with van der Waals surface area (Å²) in [5.74, 6) is 0.112. The molecule has 1 fully saturated rings. The minimum atomic E-state index is 0. The lowest BCUT2D eigenvalue weighted by Gasteiger charge is -2.36. The van der Waals surface area contributed by atoms with Crippen molar-refractivity contribution in [1.29, 1.82) is 0 Å². The van der Waals surface area contributed by atoms with Gasteiger partial charge in [0.05, 0.1) is 19.3 Å². The van der Waals surface area contributed by atoms with Crippen LogP contribution in [0.2, 0.25) is 0 Å². The second kappa shape index (κ2) is 8.21. The molecule has 0 saturated carbocycles. The SMILES string of the molecule is CCc1ccc(C2CNCCN2C(=O)c2ccc3c(c2)COC3)cc1.Cl. The van der Waals surface area contributed by atoms with Crippen molar-refractivity contribution < 1.29 is 9.53 Å². The average molecular weight is 373 g/mol. The predicted molar refractivity (Wildman–Crippen MR) is 105 cm³/mol. The average Bonchev–Trinajstić information content (AvgIpc) is 3.15. The van der Waals surface area contributed by atoms with Gasteiger partial charge < -0.3 is 15.0 Å². The Morgan fingerprint density at radius 3 is 2.69 bits per heavy atom. The summed E-state index contributed by atoms with van der Waals surface area (Å²) in [4.78, 5) is 15.2. The van der Waals surface area contributed by atoms with E-state index in [2.05, 4.69) is 36.5 Å². The smallest absolute Gasteiger partial charge is 0.254 e. The highest BCUT2D eigenvalue weighted by atomic mass is 35.5. The van der Waals surface area contributed by atoms with Gasteiger partial charge in [-0.1, -0.05) is 37.3 Å². The highest BCUT2D eigenvalue weighted by Crippen LogP contribution is 2.27. The van der Waals surface area contributed by atoms with Crippen LogP contribution in [0.5, 0.6) is 0 Å². The number of rotatable bonds is 3. The predicted octanol–water partition coefficient (Wildman–Crippen LogP) is 3.49. The molecule has 0 bridgehead atoms. The maximum atomic E-state index is 13.2. The molecule has 0 radical (unpaired) electrons. The number of nitrogens with one attached hydrogen (secondary N) is 1. The number of aryl methyl sites for hydroxylation is 1. The highest BCUT2D eigenvalue weighted by molar-refractivity contribution is 5.95. The van der Waals surface area contributed by atoms with E-state index in [4.69, 9.17) is 4.74 Å². The van der Waals surface area contributed by atoms with E-state index in [1.165, 1.54) is 16.7 Å². The molecule has 2 aromatic carbocycles. The molecule has 26 heavy (non-hydrogen) atoms. The lowest BCUT2D eigenvalue weighted by molar-refractivity contribution is 0.0634. The zero-order chi connectivity index (χ0) is 17.2. The first kappa shape index (κ1) is 18.9. The first-order chi connectivity index (χ1) is 12.3. The van der Waals surface area contributed by atoms with Crippen molar-refractivity contribution in [2.24, 2.45) is 0 Å². The Morgan fingerprint density at radius 2 is 1.92 bits per heavy atom. The lowest BCUT2D eigenvalue weighted by atomic mass is 9.99. The highest BCUT2D eigenvalue weighted by Gasteiger charge is 2.29. The van der Waals surface area contributed by atoms with E-state index in [9.17, 15) is 4.79 Å². The number of amides is 1. The van der Waals surface area contributed by atoms with E-state index >= 15 is 0 Å². The molecule has 1 saturated heterocycles. The number of fused-ring (bicyclic) bond motifs is 1. The molecule has 4 rings (SSSR count). The molecule has 0 aromatic heterocycles. The summed E-state index contributed by atoms with van der Waals surface area (Å²) in [5.41, 5.74) is 5.63. The van der Waals surface area contributed by atoms with Gasteiger partial charge in [0.25, 0.3) is 5.91 Å². The molecule has 1 N–H and O–H groups in total. The number of nitrogens with zero attached hydrogens (tertiary/aromatic N) is 1. The first-order valence-electron chi connectivity index (χ1n) is 9.06. The third-order valence-corrected chi connectivity index (χ3v) is 5.25. The molecular weight excluding hydrogens is 348 g/mol. The normalized spacial score (nSPS) is 19.0. The zero-order valence-electron chi connectivity index (χ0n) is 15.0. The van der Waals surface area contributed by atoms with Crippen LogP contribution < -0.4 is 5.32 Å². The standard InChI is InChI=1S/C21H24N2O2.ClH/c1-2-15-3-5-16(6-4-15)20-12-22-9-10-23(20)21(24)17-7-8-18-13-25-14-19(18)11-17;/h3-8,11,20,22H,2,9-10,12-14H2,1H3;1H. The molecule has 1 unspecified atom stereocenters. The summed E-state index contributed by atoms with van der Waals surface area (Å²) in [6, 6.07) is 14.7. The Balaban J connectivity index is 0.00000196. The minimum absolute atomic E-state index is 0. The third kappa shape index (κ3) is 3.63. The van der Waals surface area contributed by atoms with Gasteiger partial charge in [-0.2, -0.15) is 0 Å². The van der Waals surface area contributed by atoms with Crippen LogP contribution in [0, 0.1) is 0 Å². The fraction of sp³-hybridized carbons (Fsp3) is 0.381. The van der Waals surface area contributed by atoms with Crippen molar-refractivity contribution in [1.82, 2.24) is 10.2 Å². The molecule has 2 heterocycles. The summed E-state index contributed by atoms with van der Waals surface area (Å²) in [5, 5.41) is 3.43. The summed E-state index contributed by atoms with van der Waals surface area (Å²) < 4.78 is 5.47. The fourth-order valence-corrected chi connectivity index (χ4v) is 3.69. The maximum absolute atomic E-state index is 13.2. The molecular formula is C21H25ClN2O2. The molecule has 2 aromatic rings. The minimum Gasteiger partial charge on any atom is -0.372 e. The number of carbonyl (C=O) groups is 1. The van der Waals surface area contributed by atoms with Crippen LogP contribution in [0.3, 0.4) is 0 Å². The van der Waals surface area contributed by atoms with Gasteiger partial charge in [0.1, 0.15) is 0 Å². The van der Waals surface area contributed by atoms with Crippen molar-refractivity contribution in [2.45, 2.75) is 32.6 Å². The second-order valence-electron chi connectivity index (χ2n) is 6.79. The van der Waals surface area contributed by atoms with E-state index in [1.807, 2.05) is 23.1 Å². The Morgan fingerprint density at radius 1 is 1.15 bits per heavy atom. The van der Waals surface area contributed by atoms with Crippen LogP contribution in [0.1, 0.15) is 45.6 Å². The number of hydrogen-bond acceptors (Lipinski definition) is 3. The molecule has 2 aliphatic heterocycles. The maximum Gasteiger partial charge on any atom is 0.254 e. The van der Waals surface area contributed by atoms with Gasteiger partial charge in [0, 0.05) is 25.2 Å². The van der Waals surface area contributed by atoms with Crippen LogP contribution in [-0.4, -0.2) is 30.4 Å². The van der Waals surface area contributed by atoms with Gasteiger partial charge in [-0.15, -0.1) is 12.4 Å². The van der Waals surface area contributed by atoms with Crippen LogP contribution in [-0.2, 0) is 24.4 Å². The van der Waals surface area contributed by atoms with Crippen LogP contribution in [0.25, 0.3) is 0 Å². The Bertz CT molecular complexity index is 776. The van der Waals surface area contributed by atoms with Crippen molar-refractivity contribution in [3.63, 3.8) is 0 Å². The molecule has 5 heteroatoms. The monoisotopic (exact) mass is 372 g/mol. The summed E-state index contributed by atoms with van der Waals surface area (Å²) >= 11 is 0. The van der Waals surface area contributed by atoms with Crippen molar-refractivity contribution >= 4 is 18.3 Å². The van der Waals surface area contributed by atoms with E-state index in [0.29, 0.717) is 13.2 Å². The Labute approximate surface area is 160 Å². The molecule has 138 valence electrons. The Kier molecular flexibility index (Phi) is 5.97. The summed E-state index contributed by atoms with van der Waals surface area (Å²) in [6.07, 6.45) is 1.03. The number of ether oxygens (including phenoxy) is 1. The molecule has 1 atom stereocenters. The largest absolute Gasteiger partial charge is 0.372 e. The third-order valence-electron chi connectivity index (χ3n) is 5.25. The fourth-order valence-electron chi connectivity index (χ4n) is 3.69. The molecule has 0 spiro atoms. The Hall–Kier alpha value is -1.88. The quantitative estimate of drug-likeness (QED) is 0.896. The molecule has 4 nitrogen and oxygen atoms in total. The molecule has 1 amide bonds. The number of hydrogen-bond donors (Lipinski definition) is 1. The number of piperazine rings is 1. The van der Waals surface area contributed by atoms with Gasteiger partial charge in [0.15, 0.2) is 0 Å². The second-order valence-corrected chi connectivity index (χ2v) is 6.79. The van der Waals surface area contributed by atoms with Gasteiger partial charge in [-0.25, -0.2) is 0 Å². The van der Waals surface area contributed by atoms with Crippen LogP contribution in [0.15, 0.2) is 42.5 Å². The van der Waals surface area contributed by atoms with Gasteiger partial charge in [-0.05, 0) is 40.8 Å².